The van der Waals surface area contributed by atoms with Gasteiger partial charge in [-0.25, -0.2) is 22.8 Å². The predicted molar refractivity (Wildman–Crippen MR) is 120 cm³/mol. The maximum atomic E-state index is 13.5. The van der Waals surface area contributed by atoms with Crippen molar-refractivity contribution in [1.82, 2.24) is 9.97 Å². The molecule has 0 N–H and O–H groups in total. The Hall–Kier alpha value is -3.33. The van der Waals surface area contributed by atoms with Crippen molar-refractivity contribution in [3.8, 4) is 0 Å². The van der Waals surface area contributed by atoms with E-state index in [2.05, 4.69) is 25.4 Å². The second-order valence-corrected chi connectivity index (χ2v) is 10.0. The van der Waals surface area contributed by atoms with Crippen molar-refractivity contribution in [1.29, 1.82) is 0 Å². The Balaban J connectivity index is 1.57. The van der Waals surface area contributed by atoms with Gasteiger partial charge in [-0.2, -0.15) is 5.11 Å². The molecule has 1 atom stereocenters. The first-order valence-electron chi connectivity index (χ1n) is 10.1. The number of halogens is 1. The first-order chi connectivity index (χ1) is 15.4. The highest BCUT2D eigenvalue weighted by molar-refractivity contribution is 7.89. The predicted octanol–water partition coefficient (Wildman–Crippen LogP) is 3.90. The number of hydrogen-bond donors (Lipinski definition) is 0. The van der Waals surface area contributed by atoms with Crippen molar-refractivity contribution in [3.05, 3.63) is 94.8 Å². The van der Waals surface area contributed by atoms with Crippen LogP contribution in [0.1, 0.15) is 34.0 Å². The summed E-state index contributed by atoms with van der Waals surface area (Å²) in [4.78, 5) is 8.97. The van der Waals surface area contributed by atoms with Crippen LogP contribution in [0, 0.1) is 5.82 Å². The highest BCUT2D eigenvalue weighted by Gasteiger charge is 2.17. The average molecular weight is 452 g/mol. The second-order valence-electron chi connectivity index (χ2n) is 7.87. The van der Waals surface area contributed by atoms with Gasteiger partial charge in [-0.05, 0) is 46.4 Å². The number of hydrogen-bond acceptors (Lipinski definition) is 7. The summed E-state index contributed by atoms with van der Waals surface area (Å²) in [6, 6.07) is 14.0. The van der Waals surface area contributed by atoms with Crippen molar-refractivity contribution in [2.75, 3.05) is 12.8 Å². The van der Waals surface area contributed by atoms with E-state index in [0.29, 0.717) is 25.2 Å². The Kier molecular flexibility index (Phi) is 6.45. The molecule has 1 aliphatic rings. The Morgan fingerprint density at radius 1 is 1.00 bits per heavy atom. The van der Waals surface area contributed by atoms with Gasteiger partial charge >= 0.3 is 0 Å². The highest BCUT2D eigenvalue weighted by Crippen LogP contribution is 2.25. The lowest BCUT2D eigenvalue weighted by Crippen LogP contribution is -2.11. The Morgan fingerprint density at radius 2 is 1.72 bits per heavy atom. The molecule has 1 aliphatic heterocycles. The lowest BCUT2D eigenvalue weighted by atomic mass is 9.88. The fourth-order valence-corrected chi connectivity index (χ4v) is 4.46. The van der Waals surface area contributed by atoms with Crippen LogP contribution >= 0.6 is 0 Å². The zero-order valence-corrected chi connectivity index (χ0v) is 18.3. The van der Waals surface area contributed by atoms with Crippen LogP contribution in [0.4, 0.5) is 4.39 Å². The standard InChI is InChI=1S/C23H22FN5O2S/c1-32(30,31)15-17-4-2-3-16(9-17)10-19(18-5-7-21(24)8-6-18)11-23-25-12-20(13-26-23)22-14-27-29-28-22/h2-9,12-13,19H,10-11,14-15H2,1H3. The van der Waals surface area contributed by atoms with E-state index in [1.165, 1.54) is 18.4 Å². The molecule has 3 aromatic rings. The number of sulfone groups is 1. The molecular weight excluding hydrogens is 429 g/mol. The van der Waals surface area contributed by atoms with Gasteiger partial charge in [-0.1, -0.05) is 36.4 Å². The number of benzene rings is 2. The number of nitrogens with zero attached hydrogens (tertiary/aromatic N) is 5. The molecule has 32 heavy (non-hydrogen) atoms. The molecule has 0 saturated carbocycles. The van der Waals surface area contributed by atoms with E-state index < -0.39 is 9.84 Å². The summed E-state index contributed by atoms with van der Waals surface area (Å²) >= 11 is 0. The normalized spacial score (nSPS) is 14.4. The zero-order valence-electron chi connectivity index (χ0n) is 17.5. The van der Waals surface area contributed by atoms with Crippen LogP contribution in [0.3, 0.4) is 0 Å². The van der Waals surface area contributed by atoms with Crippen LogP contribution in [-0.4, -0.2) is 36.9 Å². The Morgan fingerprint density at radius 3 is 2.38 bits per heavy atom. The van der Waals surface area contributed by atoms with Crippen LogP contribution in [0.5, 0.6) is 0 Å². The van der Waals surface area contributed by atoms with Gasteiger partial charge in [-0.3, -0.25) is 0 Å². The molecule has 164 valence electrons. The maximum Gasteiger partial charge on any atom is 0.151 e. The van der Waals surface area contributed by atoms with Crippen LogP contribution in [0.15, 0.2) is 76.4 Å². The van der Waals surface area contributed by atoms with E-state index in [4.69, 9.17) is 0 Å². The van der Waals surface area contributed by atoms with Gasteiger partial charge in [0.15, 0.2) is 9.84 Å². The van der Waals surface area contributed by atoms with Crippen molar-refractivity contribution >= 4 is 15.5 Å². The van der Waals surface area contributed by atoms with E-state index in [1.54, 1.807) is 24.5 Å². The fraction of sp³-hybridized carbons (Fsp3) is 0.261. The fourth-order valence-electron chi connectivity index (χ4n) is 3.67. The Labute approximate surface area is 186 Å². The molecule has 0 spiro atoms. The smallest absolute Gasteiger partial charge is 0.151 e. The van der Waals surface area contributed by atoms with Gasteiger partial charge in [0, 0.05) is 30.6 Å². The van der Waals surface area contributed by atoms with Crippen LogP contribution in [0.2, 0.25) is 0 Å². The molecule has 0 aliphatic carbocycles. The third kappa shape index (κ3) is 5.88. The van der Waals surface area contributed by atoms with E-state index >= 15 is 0 Å². The van der Waals surface area contributed by atoms with Crippen molar-refractivity contribution < 1.29 is 12.8 Å². The molecule has 0 bridgehead atoms. The van der Waals surface area contributed by atoms with Crippen molar-refractivity contribution in [3.63, 3.8) is 0 Å². The molecule has 0 amide bonds. The SMILES string of the molecule is CS(=O)(=O)Cc1cccc(CC(Cc2ncc(C3=NN=NC3)cn2)c2ccc(F)cc2)c1. The highest BCUT2D eigenvalue weighted by atomic mass is 32.2. The molecule has 2 heterocycles. The summed E-state index contributed by atoms with van der Waals surface area (Å²) in [6.45, 7) is 0.421. The molecule has 0 saturated heterocycles. The minimum absolute atomic E-state index is 0.00487. The molecule has 0 radical (unpaired) electrons. The molecule has 0 fully saturated rings. The third-order valence-electron chi connectivity index (χ3n) is 5.16. The first kappa shape index (κ1) is 21.9. The van der Waals surface area contributed by atoms with Gasteiger partial charge in [0.05, 0.1) is 11.5 Å². The van der Waals surface area contributed by atoms with Crippen LogP contribution in [0.25, 0.3) is 0 Å². The van der Waals surface area contributed by atoms with Gasteiger partial charge in [0.25, 0.3) is 0 Å². The summed E-state index contributed by atoms with van der Waals surface area (Å²) in [6.07, 6.45) is 5.83. The van der Waals surface area contributed by atoms with Gasteiger partial charge in [0.2, 0.25) is 0 Å². The van der Waals surface area contributed by atoms with Gasteiger partial charge in [0.1, 0.15) is 18.2 Å². The number of rotatable bonds is 8. The number of aromatic nitrogens is 2. The molecule has 1 aromatic heterocycles. The summed E-state index contributed by atoms with van der Waals surface area (Å²) in [5, 5.41) is 11.4. The van der Waals surface area contributed by atoms with Crippen molar-refractivity contribution in [2.45, 2.75) is 24.5 Å². The topological polar surface area (TPSA) is 97.0 Å². The van der Waals surface area contributed by atoms with Crippen LogP contribution in [-0.2, 0) is 28.4 Å². The first-order valence-corrected chi connectivity index (χ1v) is 12.2. The lowest BCUT2D eigenvalue weighted by molar-refractivity contribution is 0.601. The molecular formula is C23H22FN5O2S. The average Bonchev–Trinajstić information content (AvgIpc) is 3.28. The van der Waals surface area contributed by atoms with E-state index in [0.717, 1.165) is 28.0 Å². The lowest BCUT2D eigenvalue weighted by Gasteiger charge is -2.18. The third-order valence-corrected chi connectivity index (χ3v) is 6.02. The zero-order chi connectivity index (χ0) is 22.6. The van der Waals surface area contributed by atoms with Crippen LogP contribution < -0.4 is 0 Å². The quantitative estimate of drug-likeness (QED) is 0.519. The Bertz CT molecular complexity index is 1260. The van der Waals surface area contributed by atoms with Gasteiger partial charge in [-0.15, -0.1) is 5.10 Å². The van der Waals surface area contributed by atoms with E-state index in [1.807, 2.05) is 24.3 Å². The summed E-state index contributed by atoms with van der Waals surface area (Å²) in [5.41, 5.74) is 4.22. The molecule has 7 nitrogen and oxygen atoms in total. The molecule has 1 unspecified atom stereocenters. The molecule has 4 rings (SSSR count). The minimum Gasteiger partial charge on any atom is -0.241 e. The monoisotopic (exact) mass is 451 g/mol. The summed E-state index contributed by atoms with van der Waals surface area (Å²) in [5.74, 6) is 0.345. The summed E-state index contributed by atoms with van der Waals surface area (Å²) < 4.78 is 36.9. The molecule has 9 heteroatoms. The van der Waals surface area contributed by atoms with Gasteiger partial charge < -0.3 is 0 Å². The van der Waals surface area contributed by atoms with Crippen molar-refractivity contribution in [2.24, 2.45) is 15.4 Å². The largest absolute Gasteiger partial charge is 0.241 e. The maximum absolute atomic E-state index is 13.5. The van der Waals surface area contributed by atoms with E-state index in [9.17, 15) is 12.8 Å². The minimum atomic E-state index is -3.12. The van der Waals surface area contributed by atoms with E-state index in [-0.39, 0.29) is 17.5 Å². The summed E-state index contributed by atoms with van der Waals surface area (Å²) in [7, 11) is -3.12. The molecule has 2 aromatic carbocycles. The second kappa shape index (κ2) is 9.44.